The average Bonchev–Trinajstić information content (AvgIpc) is 2.15. The molecule has 0 unspecified atom stereocenters. The lowest BCUT2D eigenvalue weighted by Crippen LogP contribution is -2.45. The normalized spacial score (nSPS) is 22.0. The summed E-state index contributed by atoms with van der Waals surface area (Å²) in [6.45, 7) is 12.3. The number of amidine groups is 1. The van der Waals surface area contributed by atoms with E-state index in [4.69, 9.17) is 11.1 Å². The van der Waals surface area contributed by atoms with Gasteiger partial charge < -0.3 is 10.6 Å². The maximum Gasteiger partial charge on any atom is 0.0966 e. The molecule has 1 aliphatic rings. The van der Waals surface area contributed by atoms with Gasteiger partial charge in [0, 0.05) is 5.41 Å². The van der Waals surface area contributed by atoms with Crippen molar-refractivity contribution in [2.24, 2.45) is 16.6 Å². The minimum atomic E-state index is -0.0434. The highest BCUT2D eigenvalue weighted by atomic mass is 15.1. The number of piperidine rings is 1. The van der Waals surface area contributed by atoms with Crippen LogP contribution < -0.4 is 5.73 Å². The maximum absolute atomic E-state index is 7.61. The van der Waals surface area contributed by atoms with Crippen LogP contribution in [0.5, 0.6) is 0 Å². The molecule has 1 heterocycles. The van der Waals surface area contributed by atoms with Crippen molar-refractivity contribution in [3.63, 3.8) is 0 Å². The highest BCUT2D eigenvalue weighted by molar-refractivity contribution is 5.83. The highest BCUT2D eigenvalue weighted by Gasteiger charge is 2.32. The van der Waals surface area contributed by atoms with E-state index in [1.807, 2.05) is 0 Å². The van der Waals surface area contributed by atoms with Gasteiger partial charge in [0.05, 0.1) is 5.84 Å². The molecule has 0 radical (unpaired) electrons. The quantitative estimate of drug-likeness (QED) is 0.572. The van der Waals surface area contributed by atoms with Crippen LogP contribution in [0, 0.1) is 16.2 Å². The smallest absolute Gasteiger partial charge is 0.0966 e. The van der Waals surface area contributed by atoms with Gasteiger partial charge in [-0.2, -0.15) is 0 Å². The van der Waals surface area contributed by atoms with Gasteiger partial charge in [0.25, 0.3) is 0 Å². The van der Waals surface area contributed by atoms with Gasteiger partial charge in [0.2, 0.25) is 0 Å². The van der Waals surface area contributed by atoms with Crippen molar-refractivity contribution in [2.75, 3.05) is 19.6 Å². The van der Waals surface area contributed by atoms with E-state index in [9.17, 15) is 0 Å². The molecule has 0 saturated carbocycles. The molecular formula is C13H27N3. The molecule has 1 fully saturated rings. The Morgan fingerprint density at radius 2 is 1.81 bits per heavy atom. The summed E-state index contributed by atoms with van der Waals surface area (Å²) in [5.41, 5.74) is 6.03. The van der Waals surface area contributed by atoms with Crippen LogP contribution in [0.15, 0.2) is 0 Å². The predicted octanol–water partition coefficient (Wildman–Crippen LogP) is 2.46. The zero-order chi connectivity index (χ0) is 12.4. The Hall–Kier alpha value is -0.570. The molecule has 16 heavy (non-hydrogen) atoms. The monoisotopic (exact) mass is 225 g/mol. The van der Waals surface area contributed by atoms with E-state index in [1.165, 1.54) is 13.0 Å². The lowest BCUT2D eigenvalue weighted by Gasteiger charge is -2.39. The third kappa shape index (κ3) is 3.78. The van der Waals surface area contributed by atoms with Gasteiger partial charge in [-0.3, -0.25) is 5.41 Å². The molecule has 1 aliphatic heterocycles. The van der Waals surface area contributed by atoms with E-state index in [-0.39, 0.29) is 5.41 Å². The number of likely N-dealkylation sites (tertiary alicyclic amines) is 1. The molecule has 0 aromatic carbocycles. The Morgan fingerprint density at radius 1 is 1.31 bits per heavy atom. The van der Waals surface area contributed by atoms with Gasteiger partial charge in [-0.1, -0.05) is 27.7 Å². The third-order valence-corrected chi connectivity index (χ3v) is 3.79. The Labute approximate surface area is 99.9 Å². The third-order valence-electron chi connectivity index (χ3n) is 3.79. The van der Waals surface area contributed by atoms with Crippen molar-refractivity contribution in [1.82, 2.24) is 4.90 Å². The first kappa shape index (κ1) is 13.5. The van der Waals surface area contributed by atoms with Crippen LogP contribution in [-0.4, -0.2) is 30.4 Å². The van der Waals surface area contributed by atoms with E-state index in [0.717, 1.165) is 25.9 Å². The van der Waals surface area contributed by atoms with Gasteiger partial charge in [0.1, 0.15) is 0 Å². The lowest BCUT2D eigenvalue weighted by molar-refractivity contribution is 0.146. The Balaban J connectivity index is 2.35. The minimum Gasteiger partial charge on any atom is -0.387 e. The molecule has 94 valence electrons. The molecule has 0 amide bonds. The maximum atomic E-state index is 7.61. The van der Waals surface area contributed by atoms with Crippen molar-refractivity contribution in [1.29, 1.82) is 5.41 Å². The summed E-state index contributed by atoms with van der Waals surface area (Å²) in [5, 5.41) is 7.61. The second kappa shape index (κ2) is 4.74. The summed E-state index contributed by atoms with van der Waals surface area (Å²) in [4.78, 5) is 2.51. The van der Waals surface area contributed by atoms with Gasteiger partial charge in [-0.05, 0) is 44.3 Å². The lowest BCUT2D eigenvalue weighted by atomic mass is 9.79. The first-order valence-electron chi connectivity index (χ1n) is 6.30. The zero-order valence-electron chi connectivity index (χ0n) is 11.3. The topological polar surface area (TPSA) is 53.1 Å². The Morgan fingerprint density at radius 3 is 2.19 bits per heavy atom. The fraction of sp³-hybridized carbons (Fsp3) is 0.923. The fourth-order valence-electron chi connectivity index (χ4n) is 2.03. The number of hydrogen-bond acceptors (Lipinski definition) is 2. The van der Waals surface area contributed by atoms with Gasteiger partial charge in [-0.15, -0.1) is 0 Å². The van der Waals surface area contributed by atoms with Crippen LogP contribution in [0.3, 0.4) is 0 Å². The van der Waals surface area contributed by atoms with Crippen LogP contribution in [0.4, 0.5) is 0 Å². The van der Waals surface area contributed by atoms with Crippen LogP contribution in [-0.2, 0) is 0 Å². The summed E-state index contributed by atoms with van der Waals surface area (Å²) < 4.78 is 0. The average molecular weight is 225 g/mol. The molecule has 0 bridgehead atoms. The molecule has 0 spiro atoms. The summed E-state index contributed by atoms with van der Waals surface area (Å²) >= 11 is 0. The second-order valence-corrected chi connectivity index (χ2v) is 6.63. The molecule has 3 nitrogen and oxygen atoms in total. The highest BCUT2D eigenvalue weighted by Crippen LogP contribution is 2.31. The van der Waals surface area contributed by atoms with Crippen LogP contribution in [0.2, 0.25) is 0 Å². The van der Waals surface area contributed by atoms with E-state index < -0.39 is 0 Å². The molecule has 0 atom stereocenters. The van der Waals surface area contributed by atoms with Gasteiger partial charge >= 0.3 is 0 Å². The summed E-state index contributed by atoms with van der Waals surface area (Å²) in [6, 6.07) is 0. The molecule has 3 heteroatoms. The molecular weight excluding hydrogens is 198 g/mol. The molecule has 1 saturated heterocycles. The van der Waals surface area contributed by atoms with Crippen molar-refractivity contribution < 1.29 is 0 Å². The second-order valence-electron chi connectivity index (χ2n) is 6.63. The van der Waals surface area contributed by atoms with Crippen molar-refractivity contribution in [3.8, 4) is 0 Å². The zero-order valence-corrected chi connectivity index (χ0v) is 11.3. The standard InChI is InChI=1S/C13H27N3/c1-12(2,3)5-8-16-9-6-13(4,7-10-16)11(14)15/h5-10H2,1-4H3,(H3,14,15). The van der Waals surface area contributed by atoms with Crippen molar-refractivity contribution in [3.05, 3.63) is 0 Å². The van der Waals surface area contributed by atoms with E-state index in [1.54, 1.807) is 0 Å². The Bertz CT molecular complexity index is 244. The van der Waals surface area contributed by atoms with E-state index >= 15 is 0 Å². The number of nitrogens with two attached hydrogens (primary N) is 1. The summed E-state index contributed by atoms with van der Waals surface area (Å²) in [7, 11) is 0. The van der Waals surface area contributed by atoms with Gasteiger partial charge in [0.15, 0.2) is 0 Å². The van der Waals surface area contributed by atoms with E-state index in [0.29, 0.717) is 11.3 Å². The van der Waals surface area contributed by atoms with Crippen LogP contribution >= 0.6 is 0 Å². The first-order chi connectivity index (χ1) is 7.23. The summed E-state index contributed by atoms with van der Waals surface area (Å²) in [5.74, 6) is 0.364. The predicted molar refractivity (Wildman–Crippen MR) is 69.8 cm³/mol. The van der Waals surface area contributed by atoms with Crippen molar-refractivity contribution in [2.45, 2.75) is 47.0 Å². The van der Waals surface area contributed by atoms with E-state index in [2.05, 4.69) is 32.6 Å². The summed E-state index contributed by atoms with van der Waals surface area (Å²) in [6.07, 6.45) is 3.31. The number of hydrogen-bond donors (Lipinski definition) is 2. The van der Waals surface area contributed by atoms with Gasteiger partial charge in [-0.25, -0.2) is 0 Å². The molecule has 0 aromatic heterocycles. The number of nitrogens with zero attached hydrogens (tertiary/aromatic N) is 1. The minimum absolute atomic E-state index is 0.0434. The molecule has 0 aliphatic carbocycles. The van der Waals surface area contributed by atoms with Crippen LogP contribution in [0.1, 0.15) is 47.0 Å². The fourth-order valence-corrected chi connectivity index (χ4v) is 2.03. The molecule has 3 N–H and O–H groups in total. The first-order valence-corrected chi connectivity index (χ1v) is 6.30. The van der Waals surface area contributed by atoms with Crippen LogP contribution in [0.25, 0.3) is 0 Å². The number of rotatable bonds is 3. The SMILES string of the molecule is CC(C)(C)CCN1CCC(C)(C(=N)N)CC1. The molecule has 1 rings (SSSR count). The van der Waals surface area contributed by atoms with Crippen molar-refractivity contribution >= 4 is 5.84 Å². The Kier molecular flexibility index (Phi) is 4.00. The largest absolute Gasteiger partial charge is 0.387 e. The molecule has 0 aromatic rings. The number of nitrogens with one attached hydrogen (secondary N) is 1.